The fourth-order valence-electron chi connectivity index (χ4n) is 2.80. The molecule has 2 aromatic rings. The number of hydrogen-bond acceptors (Lipinski definition) is 7. The Kier molecular flexibility index (Phi) is 5.96. The molecule has 3 rings (SSSR count). The number of hydrogen-bond donors (Lipinski definition) is 1. The molecule has 0 aromatic carbocycles. The first-order valence-corrected chi connectivity index (χ1v) is 8.80. The fraction of sp³-hybridized carbons (Fsp3) is 0.444. The minimum atomic E-state index is -0.0521. The van der Waals surface area contributed by atoms with Crippen molar-refractivity contribution < 1.29 is 4.79 Å². The zero-order valence-electron chi connectivity index (χ0n) is 15.3. The lowest BCUT2D eigenvalue weighted by Crippen LogP contribution is -2.49. The van der Waals surface area contributed by atoms with E-state index in [-0.39, 0.29) is 5.91 Å². The maximum absolute atomic E-state index is 12.7. The van der Waals surface area contributed by atoms with Gasteiger partial charge < -0.3 is 20.0 Å². The van der Waals surface area contributed by atoms with Crippen LogP contribution in [0.25, 0.3) is 0 Å². The topological polar surface area (TPSA) is 77.5 Å². The van der Waals surface area contributed by atoms with Crippen LogP contribution in [0.2, 0.25) is 0 Å². The quantitative estimate of drug-likeness (QED) is 0.821. The molecule has 138 valence electrons. The molecule has 8 nitrogen and oxygen atoms in total. The molecule has 1 fully saturated rings. The second-order valence-electron chi connectivity index (χ2n) is 6.46. The minimum Gasteiger partial charge on any atom is -0.353 e. The van der Waals surface area contributed by atoms with Gasteiger partial charge in [0.15, 0.2) is 0 Å². The molecule has 1 saturated heterocycles. The summed E-state index contributed by atoms with van der Waals surface area (Å²) >= 11 is 0. The summed E-state index contributed by atoms with van der Waals surface area (Å²) in [5.41, 5.74) is 0.429. The van der Waals surface area contributed by atoms with E-state index in [0.717, 1.165) is 32.0 Å². The zero-order chi connectivity index (χ0) is 18.4. The highest BCUT2D eigenvalue weighted by Crippen LogP contribution is 2.14. The van der Waals surface area contributed by atoms with Crippen molar-refractivity contribution >= 4 is 17.7 Å². The van der Waals surface area contributed by atoms with Gasteiger partial charge >= 0.3 is 0 Å². The molecule has 1 N–H and O–H groups in total. The normalized spacial score (nSPS) is 14.6. The van der Waals surface area contributed by atoms with Crippen LogP contribution in [0, 0.1) is 0 Å². The van der Waals surface area contributed by atoms with E-state index < -0.39 is 0 Å². The average Bonchev–Trinajstić information content (AvgIpc) is 2.68. The smallest absolute Gasteiger partial charge is 0.272 e. The van der Waals surface area contributed by atoms with Crippen molar-refractivity contribution in [3.63, 3.8) is 0 Å². The van der Waals surface area contributed by atoms with Crippen LogP contribution < -0.4 is 10.2 Å². The van der Waals surface area contributed by atoms with Crippen LogP contribution in [-0.2, 0) is 0 Å². The lowest BCUT2D eigenvalue weighted by Gasteiger charge is -2.35. The molecule has 0 aliphatic carbocycles. The Labute approximate surface area is 153 Å². The van der Waals surface area contributed by atoms with Gasteiger partial charge in [-0.25, -0.2) is 15.0 Å². The number of likely N-dealkylation sites (N-methyl/N-ethyl adjacent to an activating group) is 1. The number of carbonyl (C=O) groups excluding carboxylic acids is 1. The molecule has 0 bridgehead atoms. The van der Waals surface area contributed by atoms with E-state index in [2.05, 4.69) is 30.1 Å². The van der Waals surface area contributed by atoms with E-state index in [1.54, 1.807) is 18.5 Å². The van der Waals surface area contributed by atoms with Crippen LogP contribution in [0.5, 0.6) is 0 Å². The van der Waals surface area contributed by atoms with Crippen molar-refractivity contribution in [1.29, 1.82) is 0 Å². The Balaban J connectivity index is 1.56. The number of carbonyl (C=O) groups is 1. The molecule has 1 aliphatic heterocycles. The molecule has 8 heteroatoms. The van der Waals surface area contributed by atoms with Gasteiger partial charge in [-0.05, 0) is 32.3 Å². The molecule has 2 aromatic heterocycles. The minimum absolute atomic E-state index is 0.0521. The van der Waals surface area contributed by atoms with E-state index in [1.165, 1.54) is 0 Å². The number of aromatic nitrogens is 3. The number of nitrogens with zero attached hydrogens (tertiary/aromatic N) is 6. The summed E-state index contributed by atoms with van der Waals surface area (Å²) < 4.78 is 0. The highest BCUT2D eigenvalue weighted by Gasteiger charge is 2.23. The molecule has 26 heavy (non-hydrogen) atoms. The summed E-state index contributed by atoms with van der Waals surface area (Å²) in [6.45, 7) is 4.44. The van der Waals surface area contributed by atoms with Crippen LogP contribution in [-0.4, -0.2) is 84.0 Å². The van der Waals surface area contributed by atoms with E-state index >= 15 is 0 Å². The third-order valence-electron chi connectivity index (χ3n) is 4.26. The number of nitrogens with one attached hydrogen (secondary N) is 1. The molecule has 0 atom stereocenters. The zero-order valence-corrected chi connectivity index (χ0v) is 15.3. The van der Waals surface area contributed by atoms with Gasteiger partial charge in [-0.3, -0.25) is 4.79 Å². The number of rotatable bonds is 6. The molecular weight excluding hydrogens is 330 g/mol. The average molecular weight is 355 g/mol. The van der Waals surface area contributed by atoms with Gasteiger partial charge in [0.25, 0.3) is 5.91 Å². The van der Waals surface area contributed by atoms with Crippen LogP contribution in [0.1, 0.15) is 10.5 Å². The van der Waals surface area contributed by atoms with Gasteiger partial charge in [0.1, 0.15) is 11.5 Å². The molecule has 1 amide bonds. The fourth-order valence-corrected chi connectivity index (χ4v) is 2.80. The van der Waals surface area contributed by atoms with Gasteiger partial charge in [-0.2, -0.15) is 0 Å². The predicted octanol–water partition coefficient (Wildman–Crippen LogP) is 0.807. The van der Waals surface area contributed by atoms with Gasteiger partial charge in [0, 0.05) is 51.7 Å². The Morgan fingerprint density at radius 3 is 2.62 bits per heavy atom. The van der Waals surface area contributed by atoms with Crippen molar-refractivity contribution in [3.05, 3.63) is 42.4 Å². The van der Waals surface area contributed by atoms with E-state index in [4.69, 9.17) is 0 Å². The highest BCUT2D eigenvalue weighted by atomic mass is 16.2. The SMILES string of the molecule is CN(C)CCNc1nccc(C(=O)N2CCN(c3ccccn3)CC2)n1. The lowest BCUT2D eigenvalue weighted by molar-refractivity contribution is 0.0740. The maximum Gasteiger partial charge on any atom is 0.272 e. The third kappa shape index (κ3) is 4.66. The van der Waals surface area contributed by atoms with Crippen molar-refractivity contribution in [2.45, 2.75) is 0 Å². The van der Waals surface area contributed by atoms with Crippen molar-refractivity contribution in [1.82, 2.24) is 24.8 Å². The molecule has 3 heterocycles. The number of amides is 1. The van der Waals surface area contributed by atoms with Gasteiger partial charge in [0.2, 0.25) is 5.95 Å². The highest BCUT2D eigenvalue weighted by molar-refractivity contribution is 5.92. The largest absolute Gasteiger partial charge is 0.353 e. The van der Waals surface area contributed by atoms with Gasteiger partial charge in [0.05, 0.1) is 0 Å². The summed E-state index contributed by atoms with van der Waals surface area (Å²) in [4.78, 5) is 31.8. The van der Waals surface area contributed by atoms with E-state index in [0.29, 0.717) is 24.7 Å². The Morgan fingerprint density at radius 2 is 1.92 bits per heavy atom. The first-order valence-electron chi connectivity index (χ1n) is 8.80. The van der Waals surface area contributed by atoms with Gasteiger partial charge in [-0.1, -0.05) is 6.07 Å². The summed E-state index contributed by atoms with van der Waals surface area (Å²) in [6, 6.07) is 7.55. The van der Waals surface area contributed by atoms with Crippen molar-refractivity contribution in [2.24, 2.45) is 0 Å². The lowest BCUT2D eigenvalue weighted by atomic mass is 10.2. The van der Waals surface area contributed by atoms with Crippen LogP contribution in [0.4, 0.5) is 11.8 Å². The standard InChI is InChI=1S/C18H25N7O/c1-23(2)10-9-21-18-20-8-6-15(22-18)17(26)25-13-11-24(12-14-25)16-5-3-4-7-19-16/h3-8H,9-14H2,1-2H3,(H,20,21,22). The summed E-state index contributed by atoms with van der Waals surface area (Å²) in [7, 11) is 4.01. The molecule has 0 spiro atoms. The van der Waals surface area contributed by atoms with Crippen molar-refractivity contribution in [2.75, 3.05) is 63.6 Å². The third-order valence-corrected chi connectivity index (χ3v) is 4.26. The monoisotopic (exact) mass is 355 g/mol. The summed E-state index contributed by atoms with van der Waals surface area (Å²) in [5.74, 6) is 1.39. The molecule has 0 radical (unpaired) electrons. The van der Waals surface area contributed by atoms with Crippen LogP contribution in [0.3, 0.4) is 0 Å². The second kappa shape index (κ2) is 8.57. The summed E-state index contributed by atoms with van der Waals surface area (Å²) in [5, 5.41) is 3.15. The van der Waals surface area contributed by atoms with E-state index in [9.17, 15) is 4.79 Å². The first kappa shape index (κ1) is 18.1. The second-order valence-corrected chi connectivity index (χ2v) is 6.46. The Morgan fingerprint density at radius 1 is 1.12 bits per heavy atom. The van der Waals surface area contributed by atoms with Crippen molar-refractivity contribution in [3.8, 4) is 0 Å². The molecular formula is C18H25N7O. The molecule has 0 saturated carbocycles. The first-order chi connectivity index (χ1) is 12.6. The predicted molar refractivity (Wildman–Crippen MR) is 101 cm³/mol. The van der Waals surface area contributed by atoms with Crippen LogP contribution in [0.15, 0.2) is 36.7 Å². The molecule has 1 aliphatic rings. The van der Waals surface area contributed by atoms with Gasteiger partial charge in [-0.15, -0.1) is 0 Å². The Hall–Kier alpha value is -2.74. The van der Waals surface area contributed by atoms with E-state index in [1.807, 2.05) is 37.2 Å². The number of pyridine rings is 1. The Bertz CT molecular complexity index is 714. The number of piperazine rings is 1. The molecule has 0 unspecified atom stereocenters. The van der Waals surface area contributed by atoms with Crippen LogP contribution >= 0.6 is 0 Å². The maximum atomic E-state index is 12.7. The number of anilines is 2. The summed E-state index contributed by atoms with van der Waals surface area (Å²) in [6.07, 6.45) is 3.42.